The summed E-state index contributed by atoms with van der Waals surface area (Å²) in [5.41, 5.74) is 0.0371. The third-order valence-electron chi connectivity index (χ3n) is 4.23. The van der Waals surface area contributed by atoms with E-state index in [-0.39, 0.29) is 29.4 Å². The van der Waals surface area contributed by atoms with Crippen LogP contribution in [-0.2, 0) is 17.5 Å². The zero-order chi connectivity index (χ0) is 21.1. The largest absolute Gasteiger partial charge is 0.497 e. The van der Waals surface area contributed by atoms with Gasteiger partial charge in [-0.25, -0.2) is 0 Å². The molecule has 1 amide bonds. The normalized spacial score (nSPS) is 12.6. The van der Waals surface area contributed by atoms with Gasteiger partial charge < -0.3 is 14.8 Å². The SMILES string of the molecule is COc1ccc(OC)c(C(C)NC(=O)CCn2nc(C(F)(F)F)c(Br)c2C)c1. The summed E-state index contributed by atoms with van der Waals surface area (Å²) in [5, 5.41) is 6.38. The Bertz CT molecular complexity index is 853. The molecule has 6 nitrogen and oxygen atoms in total. The number of aromatic nitrogens is 2. The second-order valence-electron chi connectivity index (χ2n) is 6.12. The molecule has 0 radical (unpaired) electrons. The van der Waals surface area contributed by atoms with Gasteiger partial charge in [0.25, 0.3) is 0 Å². The Kier molecular flexibility index (Phi) is 6.97. The summed E-state index contributed by atoms with van der Waals surface area (Å²) in [6.07, 6.45) is -4.59. The van der Waals surface area contributed by atoms with E-state index in [0.717, 1.165) is 5.56 Å². The van der Waals surface area contributed by atoms with Gasteiger partial charge in [-0.2, -0.15) is 18.3 Å². The summed E-state index contributed by atoms with van der Waals surface area (Å²) in [7, 11) is 3.06. The minimum Gasteiger partial charge on any atom is -0.497 e. The topological polar surface area (TPSA) is 65.4 Å². The van der Waals surface area contributed by atoms with Gasteiger partial charge in [-0.15, -0.1) is 0 Å². The molecule has 2 aromatic rings. The van der Waals surface area contributed by atoms with E-state index in [1.165, 1.54) is 25.8 Å². The fourth-order valence-corrected chi connectivity index (χ4v) is 3.21. The van der Waals surface area contributed by atoms with Gasteiger partial charge in [-0.3, -0.25) is 9.48 Å². The predicted molar refractivity (Wildman–Crippen MR) is 100 cm³/mol. The van der Waals surface area contributed by atoms with Crippen molar-refractivity contribution < 1.29 is 27.4 Å². The molecule has 10 heteroatoms. The molecule has 0 aliphatic rings. The van der Waals surface area contributed by atoms with Crippen LogP contribution in [0.4, 0.5) is 13.2 Å². The summed E-state index contributed by atoms with van der Waals surface area (Å²) >= 11 is 2.91. The average Bonchev–Trinajstić information content (AvgIpc) is 2.94. The van der Waals surface area contributed by atoms with Crippen LogP contribution in [0.3, 0.4) is 0 Å². The van der Waals surface area contributed by atoms with Crippen LogP contribution in [0.2, 0.25) is 0 Å². The van der Waals surface area contributed by atoms with Crippen molar-refractivity contribution in [3.8, 4) is 11.5 Å². The highest BCUT2D eigenvalue weighted by Crippen LogP contribution is 2.35. The lowest BCUT2D eigenvalue weighted by atomic mass is 10.1. The lowest BCUT2D eigenvalue weighted by Crippen LogP contribution is -2.28. The van der Waals surface area contributed by atoms with Gasteiger partial charge >= 0.3 is 6.18 Å². The molecule has 0 saturated heterocycles. The Morgan fingerprint density at radius 3 is 2.54 bits per heavy atom. The summed E-state index contributed by atoms with van der Waals surface area (Å²) < 4.78 is 50.3. The van der Waals surface area contributed by atoms with Gasteiger partial charge in [0.15, 0.2) is 5.69 Å². The van der Waals surface area contributed by atoms with Crippen molar-refractivity contribution in [1.29, 1.82) is 0 Å². The Morgan fingerprint density at radius 2 is 2.00 bits per heavy atom. The third-order valence-corrected chi connectivity index (χ3v) is 5.18. The molecular formula is C18H21BrF3N3O3. The van der Waals surface area contributed by atoms with Crippen LogP contribution in [-0.4, -0.2) is 29.9 Å². The summed E-state index contributed by atoms with van der Waals surface area (Å²) in [6, 6.07) is 4.86. The highest BCUT2D eigenvalue weighted by atomic mass is 79.9. The molecule has 0 bridgehead atoms. The standard InChI is InChI=1S/C18H21BrF3N3O3/c1-10(13-9-12(27-3)5-6-14(13)28-4)23-15(26)7-8-25-11(2)16(19)17(24-25)18(20,21)22/h5-6,9-10H,7-8H2,1-4H3,(H,23,26). The maximum absolute atomic E-state index is 12.9. The van der Waals surface area contributed by atoms with Crippen LogP contribution in [0.1, 0.15) is 36.3 Å². The van der Waals surface area contributed by atoms with E-state index in [2.05, 4.69) is 26.3 Å². The molecule has 1 heterocycles. The number of nitrogens with one attached hydrogen (secondary N) is 1. The number of halogens is 4. The number of alkyl halides is 3. The number of hydrogen-bond acceptors (Lipinski definition) is 4. The third kappa shape index (κ3) is 4.98. The molecule has 1 aromatic carbocycles. The van der Waals surface area contributed by atoms with Gasteiger partial charge in [0, 0.05) is 12.0 Å². The second-order valence-corrected chi connectivity index (χ2v) is 6.91. The van der Waals surface area contributed by atoms with Crippen LogP contribution in [0.15, 0.2) is 22.7 Å². The van der Waals surface area contributed by atoms with Crippen molar-refractivity contribution in [2.24, 2.45) is 0 Å². The van der Waals surface area contributed by atoms with Crippen LogP contribution in [0.5, 0.6) is 11.5 Å². The van der Waals surface area contributed by atoms with Crippen molar-refractivity contribution in [1.82, 2.24) is 15.1 Å². The van der Waals surface area contributed by atoms with E-state index in [9.17, 15) is 18.0 Å². The fraction of sp³-hybridized carbons (Fsp3) is 0.444. The van der Waals surface area contributed by atoms with Crippen molar-refractivity contribution in [3.63, 3.8) is 0 Å². The van der Waals surface area contributed by atoms with Gasteiger partial charge in [0.05, 0.1) is 37.0 Å². The van der Waals surface area contributed by atoms with Gasteiger partial charge in [-0.05, 0) is 48.0 Å². The minimum atomic E-state index is -4.56. The lowest BCUT2D eigenvalue weighted by molar-refractivity contribution is -0.142. The number of amides is 1. The zero-order valence-electron chi connectivity index (χ0n) is 15.9. The summed E-state index contributed by atoms with van der Waals surface area (Å²) in [4.78, 5) is 12.3. The molecule has 1 N–H and O–H groups in total. The summed E-state index contributed by atoms with van der Waals surface area (Å²) in [5.74, 6) is 0.890. The maximum atomic E-state index is 12.9. The molecule has 1 atom stereocenters. The monoisotopic (exact) mass is 463 g/mol. The fourth-order valence-electron chi connectivity index (χ4n) is 2.70. The molecule has 0 saturated carbocycles. The van der Waals surface area contributed by atoms with E-state index in [4.69, 9.17) is 9.47 Å². The van der Waals surface area contributed by atoms with Crippen molar-refractivity contribution in [3.05, 3.63) is 39.6 Å². The number of aryl methyl sites for hydroxylation is 1. The maximum Gasteiger partial charge on any atom is 0.436 e. The summed E-state index contributed by atoms with van der Waals surface area (Å²) in [6.45, 7) is 3.31. The molecule has 154 valence electrons. The van der Waals surface area contributed by atoms with E-state index >= 15 is 0 Å². The second kappa shape index (κ2) is 8.85. The number of carbonyl (C=O) groups excluding carboxylic acids is 1. The highest BCUT2D eigenvalue weighted by Gasteiger charge is 2.37. The van der Waals surface area contributed by atoms with Crippen LogP contribution in [0.25, 0.3) is 0 Å². The van der Waals surface area contributed by atoms with Crippen molar-refractivity contribution >= 4 is 21.8 Å². The molecule has 1 unspecified atom stereocenters. The molecule has 1 aromatic heterocycles. The van der Waals surface area contributed by atoms with Gasteiger partial charge in [-0.1, -0.05) is 0 Å². The van der Waals surface area contributed by atoms with E-state index in [1.807, 2.05) is 0 Å². The zero-order valence-corrected chi connectivity index (χ0v) is 17.4. The van der Waals surface area contributed by atoms with Crippen LogP contribution >= 0.6 is 15.9 Å². The number of methoxy groups -OCH3 is 2. The van der Waals surface area contributed by atoms with E-state index in [1.54, 1.807) is 25.1 Å². The molecule has 2 rings (SSSR count). The first-order valence-corrected chi connectivity index (χ1v) is 9.19. The number of carbonyl (C=O) groups is 1. The number of nitrogens with zero attached hydrogens (tertiary/aromatic N) is 2. The Balaban J connectivity index is 2.05. The number of hydrogen-bond donors (Lipinski definition) is 1. The number of benzene rings is 1. The first-order valence-electron chi connectivity index (χ1n) is 8.39. The van der Waals surface area contributed by atoms with Crippen LogP contribution in [0, 0.1) is 6.92 Å². The van der Waals surface area contributed by atoms with Crippen molar-refractivity contribution in [2.45, 2.75) is 39.0 Å². The van der Waals surface area contributed by atoms with E-state index < -0.39 is 11.9 Å². The Hall–Kier alpha value is -2.23. The lowest BCUT2D eigenvalue weighted by Gasteiger charge is -2.18. The molecule has 0 spiro atoms. The van der Waals surface area contributed by atoms with Gasteiger partial charge in [0.2, 0.25) is 5.91 Å². The molecule has 28 heavy (non-hydrogen) atoms. The van der Waals surface area contributed by atoms with E-state index in [0.29, 0.717) is 17.2 Å². The first-order chi connectivity index (χ1) is 13.1. The molecule has 0 aliphatic carbocycles. The minimum absolute atomic E-state index is 0.0221. The highest BCUT2D eigenvalue weighted by molar-refractivity contribution is 9.10. The van der Waals surface area contributed by atoms with Gasteiger partial charge in [0.1, 0.15) is 11.5 Å². The average molecular weight is 464 g/mol. The smallest absolute Gasteiger partial charge is 0.436 e. The first kappa shape index (κ1) is 22.1. The molecule has 0 aliphatic heterocycles. The Morgan fingerprint density at radius 1 is 1.32 bits per heavy atom. The Labute approximate surface area is 169 Å². The quantitative estimate of drug-likeness (QED) is 0.666. The number of ether oxygens (including phenoxy) is 2. The molecule has 0 fully saturated rings. The van der Waals surface area contributed by atoms with Crippen molar-refractivity contribution in [2.75, 3.05) is 14.2 Å². The molecular weight excluding hydrogens is 443 g/mol. The van der Waals surface area contributed by atoms with Crippen LogP contribution < -0.4 is 14.8 Å². The predicted octanol–water partition coefficient (Wildman–Crippen LogP) is 4.26. The number of rotatable bonds is 7.